The van der Waals surface area contributed by atoms with Crippen LogP contribution in [0.25, 0.3) is 0 Å². The Bertz CT molecular complexity index is 631. The van der Waals surface area contributed by atoms with Crippen molar-refractivity contribution in [3.63, 3.8) is 0 Å². The van der Waals surface area contributed by atoms with Gasteiger partial charge >= 0.3 is 0 Å². The highest BCUT2D eigenvalue weighted by molar-refractivity contribution is 8.00. The molecule has 0 aliphatic carbocycles. The lowest BCUT2D eigenvalue weighted by atomic mass is 9.97. The number of nitrogens with zero attached hydrogens (tertiary/aromatic N) is 4. The van der Waals surface area contributed by atoms with Gasteiger partial charge in [0.1, 0.15) is 0 Å². The summed E-state index contributed by atoms with van der Waals surface area (Å²) in [6.07, 6.45) is 2.55. The van der Waals surface area contributed by atoms with Gasteiger partial charge < -0.3 is 14.6 Å². The molecule has 0 spiro atoms. The molecule has 0 aromatic carbocycles. The van der Waals surface area contributed by atoms with Crippen molar-refractivity contribution in [3.05, 3.63) is 11.7 Å². The Morgan fingerprint density at radius 2 is 2.22 bits per heavy atom. The summed E-state index contributed by atoms with van der Waals surface area (Å²) in [5, 5.41) is 16.4. The maximum atomic E-state index is 5.58. The van der Waals surface area contributed by atoms with E-state index in [0.717, 1.165) is 35.5 Å². The molecule has 1 aliphatic rings. The molecular formula is C14H21N5O2S2. The molecule has 7 nitrogen and oxygen atoms in total. The maximum Gasteiger partial charge on any atom is 0.232 e. The summed E-state index contributed by atoms with van der Waals surface area (Å²) in [4.78, 5) is 4.42. The van der Waals surface area contributed by atoms with E-state index in [4.69, 9.17) is 9.26 Å². The number of anilines is 1. The second-order valence-corrected chi connectivity index (χ2v) is 8.64. The van der Waals surface area contributed by atoms with Gasteiger partial charge in [-0.2, -0.15) is 4.98 Å². The summed E-state index contributed by atoms with van der Waals surface area (Å²) in [6.45, 7) is 7.81. The lowest BCUT2D eigenvalue weighted by molar-refractivity contribution is 0.120. The second kappa shape index (κ2) is 7.14. The summed E-state index contributed by atoms with van der Waals surface area (Å²) in [5.41, 5.74) is -0.127. The summed E-state index contributed by atoms with van der Waals surface area (Å²) in [5.74, 6) is 1.97. The standard InChI is InChI=1S/C14H21N5O2S2/c1-14(2,3)11-16-10(19-21-11)8-22-13-18-17-12(23-13)15-7-9-5-4-6-20-9/h9H,4-8H2,1-3H3,(H,15,17). The van der Waals surface area contributed by atoms with Crippen LogP contribution in [0.4, 0.5) is 5.13 Å². The molecule has 1 unspecified atom stereocenters. The van der Waals surface area contributed by atoms with Crippen LogP contribution in [-0.2, 0) is 15.9 Å². The molecule has 1 saturated heterocycles. The van der Waals surface area contributed by atoms with Gasteiger partial charge in [0.25, 0.3) is 0 Å². The number of rotatable bonds is 6. The summed E-state index contributed by atoms with van der Waals surface area (Å²) in [7, 11) is 0. The molecule has 2 aromatic rings. The van der Waals surface area contributed by atoms with E-state index in [1.54, 1.807) is 11.8 Å². The molecule has 2 aromatic heterocycles. The van der Waals surface area contributed by atoms with Crippen molar-refractivity contribution >= 4 is 28.2 Å². The first-order valence-corrected chi connectivity index (χ1v) is 9.46. The smallest absolute Gasteiger partial charge is 0.232 e. The van der Waals surface area contributed by atoms with Crippen molar-refractivity contribution < 1.29 is 9.26 Å². The van der Waals surface area contributed by atoms with E-state index in [1.165, 1.54) is 11.3 Å². The number of ether oxygens (including phenoxy) is 1. The molecule has 1 fully saturated rings. The van der Waals surface area contributed by atoms with Gasteiger partial charge in [0.05, 0.1) is 11.9 Å². The van der Waals surface area contributed by atoms with E-state index in [-0.39, 0.29) is 5.41 Å². The van der Waals surface area contributed by atoms with Crippen LogP contribution < -0.4 is 5.32 Å². The van der Waals surface area contributed by atoms with Crippen molar-refractivity contribution in [1.29, 1.82) is 0 Å². The van der Waals surface area contributed by atoms with Gasteiger partial charge in [-0.25, -0.2) is 0 Å². The van der Waals surface area contributed by atoms with Gasteiger partial charge in [-0.3, -0.25) is 0 Å². The fourth-order valence-corrected chi connectivity index (χ4v) is 3.69. The third-order valence-electron chi connectivity index (χ3n) is 3.35. The lowest BCUT2D eigenvalue weighted by Crippen LogP contribution is -2.18. The largest absolute Gasteiger partial charge is 0.376 e. The van der Waals surface area contributed by atoms with Crippen molar-refractivity contribution in [2.24, 2.45) is 0 Å². The number of hydrogen-bond donors (Lipinski definition) is 1. The summed E-state index contributed by atoms with van der Waals surface area (Å²) in [6, 6.07) is 0. The Balaban J connectivity index is 1.48. The van der Waals surface area contributed by atoms with Crippen molar-refractivity contribution in [1.82, 2.24) is 20.3 Å². The number of aromatic nitrogens is 4. The van der Waals surface area contributed by atoms with E-state index in [1.807, 2.05) is 20.8 Å². The Hall–Kier alpha value is -1.19. The second-order valence-electron chi connectivity index (χ2n) is 6.44. The van der Waals surface area contributed by atoms with Crippen LogP contribution in [0.2, 0.25) is 0 Å². The highest BCUT2D eigenvalue weighted by atomic mass is 32.2. The van der Waals surface area contributed by atoms with E-state index >= 15 is 0 Å². The maximum absolute atomic E-state index is 5.58. The fraction of sp³-hybridized carbons (Fsp3) is 0.714. The van der Waals surface area contributed by atoms with Crippen LogP contribution >= 0.6 is 23.1 Å². The zero-order valence-electron chi connectivity index (χ0n) is 13.5. The molecule has 23 heavy (non-hydrogen) atoms. The molecular weight excluding hydrogens is 334 g/mol. The number of hydrogen-bond acceptors (Lipinski definition) is 9. The van der Waals surface area contributed by atoms with Gasteiger partial charge in [-0.15, -0.1) is 10.2 Å². The molecule has 3 rings (SSSR count). The van der Waals surface area contributed by atoms with E-state index in [0.29, 0.717) is 23.6 Å². The summed E-state index contributed by atoms with van der Waals surface area (Å²) >= 11 is 3.10. The SMILES string of the molecule is CC(C)(C)c1nc(CSc2nnc(NCC3CCCO3)s2)no1. The predicted molar refractivity (Wildman–Crippen MR) is 89.9 cm³/mol. The molecule has 126 valence electrons. The van der Waals surface area contributed by atoms with Crippen LogP contribution in [0.5, 0.6) is 0 Å². The van der Waals surface area contributed by atoms with Gasteiger partial charge in [0.15, 0.2) is 10.2 Å². The van der Waals surface area contributed by atoms with Crippen LogP contribution in [-0.4, -0.2) is 39.6 Å². The fourth-order valence-electron chi connectivity index (χ4n) is 2.09. The van der Waals surface area contributed by atoms with E-state index in [2.05, 4.69) is 25.7 Å². The Kier molecular flexibility index (Phi) is 5.17. The zero-order chi connectivity index (χ0) is 16.3. The zero-order valence-corrected chi connectivity index (χ0v) is 15.2. The van der Waals surface area contributed by atoms with Crippen molar-refractivity contribution in [2.45, 2.75) is 55.2 Å². The van der Waals surface area contributed by atoms with Crippen LogP contribution in [0, 0.1) is 0 Å². The lowest BCUT2D eigenvalue weighted by Gasteiger charge is -2.10. The number of nitrogens with one attached hydrogen (secondary N) is 1. The van der Waals surface area contributed by atoms with Gasteiger partial charge in [-0.1, -0.05) is 49.0 Å². The molecule has 9 heteroatoms. The third-order valence-corrected chi connectivity index (χ3v) is 5.36. The minimum Gasteiger partial charge on any atom is -0.376 e. The van der Waals surface area contributed by atoms with Gasteiger partial charge in [0, 0.05) is 18.6 Å². The first-order valence-electron chi connectivity index (χ1n) is 7.65. The van der Waals surface area contributed by atoms with Crippen molar-refractivity contribution in [2.75, 3.05) is 18.5 Å². The topological polar surface area (TPSA) is 86.0 Å². The molecule has 0 amide bonds. The Labute approximate surface area is 143 Å². The predicted octanol–water partition coefficient (Wildman–Crippen LogP) is 3.10. The first-order chi connectivity index (χ1) is 11.0. The van der Waals surface area contributed by atoms with Crippen LogP contribution in [0.3, 0.4) is 0 Å². The van der Waals surface area contributed by atoms with Crippen LogP contribution in [0.1, 0.15) is 45.3 Å². The summed E-state index contributed by atoms with van der Waals surface area (Å²) < 4.78 is 11.8. The molecule has 0 bridgehead atoms. The normalized spacial score (nSPS) is 18.5. The van der Waals surface area contributed by atoms with Crippen LogP contribution in [0.15, 0.2) is 8.86 Å². The molecule has 1 aliphatic heterocycles. The molecule has 0 radical (unpaired) electrons. The van der Waals surface area contributed by atoms with Gasteiger partial charge in [0.2, 0.25) is 11.0 Å². The average Bonchev–Trinajstić information content (AvgIpc) is 3.23. The number of thioether (sulfide) groups is 1. The minimum atomic E-state index is -0.127. The third kappa shape index (κ3) is 4.65. The molecule has 0 saturated carbocycles. The molecule has 3 heterocycles. The molecule has 1 atom stereocenters. The Morgan fingerprint density at radius 3 is 2.91 bits per heavy atom. The molecule has 1 N–H and O–H groups in total. The van der Waals surface area contributed by atoms with Crippen molar-refractivity contribution in [3.8, 4) is 0 Å². The van der Waals surface area contributed by atoms with Gasteiger partial charge in [-0.05, 0) is 12.8 Å². The van der Waals surface area contributed by atoms with E-state index < -0.39 is 0 Å². The first kappa shape index (κ1) is 16.7. The highest BCUT2D eigenvalue weighted by Crippen LogP contribution is 2.28. The quantitative estimate of drug-likeness (QED) is 0.791. The average molecular weight is 355 g/mol. The highest BCUT2D eigenvalue weighted by Gasteiger charge is 2.22. The monoisotopic (exact) mass is 355 g/mol. The minimum absolute atomic E-state index is 0.127. The van der Waals surface area contributed by atoms with E-state index in [9.17, 15) is 0 Å². The Morgan fingerprint density at radius 1 is 1.35 bits per heavy atom.